The maximum Gasteiger partial charge on any atom is 0.352 e. The minimum Gasteiger partial charge on any atom is -0.449 e. The summed E-state index contributed by atoms with van der Waals surface area (Å²) in [4.78, 5) is 16.2. The van der Waals surface area contributed by atoms with Gasteiger partial charge in [0.25, 0.3) is 12.2 Å². The highest BCUT2D eigenvalue weighted by Crippen LogP contribution is 2.32. The third-order valence-electron chi connectivity index (χ3n) is 5.61. The standard InChI is InChI=1S/C27H23Cl2N5O4/c1-17-11-19(9-10-28)13-21(12-17)37-27-32-23(14-18-5-3-2-4-6-18)25(34(35)36)26(33(27)31)38-24-15-20(16-30)7-8-22(24)29/h2-8,11-13,15,27H,9-10,14,31H2,1H3. The highest BCUT2D eigenvalue weighted by atomic mass is 35.5. The fraction of sp³-hybridized carbons (Fsp3) is 0.185. The molecule has 1 atom stereocenters. The van der Waals surface area contributed by atoms with Gasteiger partial charge >= 0.3 is 5.70 Å². The SMILES string of the molecule is Cc1cc(CCCl)cc(OC2N=C(Cc3ccccc3)C([N+](=O)[O-])=C(Oc3cc(C#N)ccc3Cl)N2N)c1. The molecule has 1 aliphatic heterocycles. The van der Waals surface area contributed by atoms with Crippen molar-refractivity contribution in [2.24, 2.45) is 10.8 Å². The quantitative estimate of drug-likeness (QED) is 0.164. The molecule has 4 rings (SSSR count). The van der Waals surface area contributed by atoms with E-state index >= 15 is 0 Å². The third-order valence-corrected chi connectivity index (χ3v) is 6.12. The average Bonchev–Trinajstić information content (AvgIpc) is 2.88. The summed E-state index contributed by atoms with van der Waals surface area (Å²) in [5.41, 5.74) is 2.60. The van der Waals surface area contributed by atoms with Crippen molar-refractivity contribution in [1.29, 1.82) is 5.26 Å². The Morgan fingerprint density at radius 1 is 1.16 bits per heavy atom. The predicted molar refractivity (Wildman–Crippen MR) is 144 cm³/mol. The molecule has 9 nitrogen and oxygen atoms in total. The molecule has 0 saturated carbocycles. The largest absolute Gasteiger partial charge is 0.449 e. The second-order valence-electron chi connectivity index (χ2n) is 8.45. The smallest absolute Gasteiger partial charge is 0.352 e. The summed E-state index contributed by atoms with van der Waals surface area (Å²) < 4.78 is 12.0. The number of nitro groups is 1. The van der Waals surface area contributed by atoms with Crippen molar-refractivity contribution in [3.63, 3.8) is 0 Å². The van der Waals surface area contributed by atoms with Crippen LogP contribution in [0.15, 0.2) is 83.3 Å². The van der Waals surface area contributed by atoms with Crippen molar-refractivity contribution in [2.75, 3.05) is 5.88 Å². The normalized spacial score (nSPS) is 15.1. The van der Waals surface area contributed by atoms with Gasteiger partial charge in [0.15, 0.2) is 0 Å². The van der Waals surface area contributed by atoms with E-state index in [2.05, 4.69) is 4.99 Å². The number of aliphatic imine (C=N–C) groups is 1. The number of rotatable bonds is 9. The van der Waals surface area contributed by atoms with Crippen LogP contribution in [0.3, 0.4) is 0 Å². The van der Waals surface area contributed by atoms with Gasteiger partial charge in [-0.3, -0.25) is 10.1 Å². The molecule has 0 saturated heterocycles. The van der Waals surface area contributed by atoms with Gasteiger partial charge in [-0.2, -0.15) is 5.26 Å². The van der Waals surface area contributed by atoms with Crippen molar-refractivity contribution in [3.8, 4) is 17.6 Å². The molecule has 1 heterocycles. The number of hydrazine groups is 1. The van der Waals surface area contributed by atoms with Gasteiger partial charge in [0.2, 0.25) is 0 Å². The molecule has 3 aromatic carbocycles. The van der Waals surface area contributed by atoms with Crippen LogP contribution in [0.2, 0.25) is 5.02 Å². The zero-order valence-corrected chi connectivity index (χ0v) is 21.8. The van der Waals surface area contributed by atoms with E-state index in [0.717, 1.165) is 21.7 Å². The number of hydrogen-bond acceptors (Lipinski definition) is 8. The number of aryl methyl sites for hydroxylation is 2. The van der Waals surface area contributed by atoms with Crippen LogP contribution in [0, 0.1) is 28.4 Å². The molecule has 0 aliphatic carbocycles. The number of halogens is 2. The third kappa shape index (κ3) is 6.23. The molecule has 0 radical (unpaired) electrons. The highest BCUT2D eigenvalue weighted by molar-refractivity contribution is 6.32. The van der Waals surface area contributed by atoms with E-state index in [4.69, 9.17) is 38.5 Å². The number of nitrogens with two attached hydrogens (primary N) is 1. The molecule has 11 heteroatoms. The fourth-order valence-electron chi connectivity index (χ4n) is 3.91. The number of alkyl halides is 1. The Labute approximate surface area is 229 Å². The fourth-order valence-corrected chi connectivity index (χ4v) is 4.29. The first-order valence-electron chi connectivity index (χ1n) is 11.5. The molecule has 2 N–H and O–H groups in total. The van der Waals surface area contributed by atoms with Crippen LogP contribution in [0.4, 0.5) is 0 Å². The van der Waals surface area contributed by atoms with E-state index < -0.39 is 17.0 Å². The molecular weight excluding hydrogens is 529 g/mol. The highest BCUT2D eigenvalue weighted by Gasteiger charge is 2.39. The number of nitriles is 1. The van der Waals surface area contributed by atoms with Gasteiger partial charge in [0, 0.05) is 18.4 Å². The molecule has 0 spiro atoms. The molecule has 0 bridgehead atoms. The first kappa shape index (κ1) is 26.9. The summed E-state index contributed by atoms with van der Waals surface area (Å²) in [7, 11) is 0. The van der Waals surface area contributed by atoms with Gasteiger partial charge in [0.05, 0.1) is 21.6 Å². The van der Waals surface area contributed by atoms with Crippen LogP contribution in [-0.2, 0) is 12.8 Å². The Balaban J connectivity index is 1.79. The first-order chi connectivity index (χ1) is 18.3. The van der Waals surface area contributed by atoms with Gasteiger partial charge < -0.3 is 9.47 Å². The van der Waals surface area contributed by atoms with Gasteiger partial charge in [-0.1, -0.05) is 48.0 Å². The van der Waals surface area contributed by atoms with Crippen molar-refractivity contribution >= 4 is 28.9 Å². The Kier molecular flexibility index (Phi) is 8.48. The van der Waals surface area contributed by atoms with Gasteiger partial charge in [-0.25, -0.2) is 15.8 Å². The molecule has 1 aliphatic rings. The lowest BCUT2D eigenvalue weighted by Crippen LogP contribution is -2.49. The molecule has 1 unspecified atom stereocenters. The molecule has 0 amide bonds. The molecule has 38 heavy (non-hydrogen) atoms. The van der Waals surface area contributed by atoms with Crippen molar-refractivity contribution in [3.05, 3.63) is 116 Å². The lowest BCUT2D eigenvalue weighted by molar-refractivity contribution is -0.420. The van der Waals surface area contributed by atoms with Crippen molar-refractivity contribution < 1.29 is 14.4 Å². The number of hydrogen-bond donors (Lipinski definition) is 1. The lowest BCUT2D eigenvalue weighted by Gasteiger charge is -2.31. The van der Waals surface area contributed by atoms with Gasteiger partial charge in [0.1, 0.15) is 17.2 Å². The number of benzene rings is 3. The van der Waals surface area contributed by atoms with Crippen LogP contribution in [0.25, 0.3) is 0 Å². The summed E-state index contributed by atoms with van der Waals surface area (Å²) in [6.07, 6.45) is -0.447. The summed E-state index contributed by atoms with van der Waals surface area (Å²) in [5, 5.41) is 22.7. The first-order valence-corrected chi connectivity index (χ1v) is 12.4. The molecule has 194 valence electrons. The van der Waals surface area contributed by atoms with Crippen LogP contribution < -0.4 is 15.3 Å². The molecular formula is C27H23Cl2N5O4. The summed E-state index contributed by atoms with van der Waals surface area (Å²) in [6, 6.07) is 21.1. The van der Waals surface area contributed by atoms with E-state index in [1.165, 1.54) is 18.2 Å². The monoisotopic (exact) mass is 551 g/mol. The Hall–Kier alpha value is -4.10. The number of ether oxygens (including phenoxy) is 2. The number of allylic oxidation sites excluding steroid dienone is 1. The van der Waals surface area contributed by atoms with Crippen LogP contribution in [0.5, 0.6) is 11.5 Å². The van der Waals surface area contributed by atoms with E-state index in [0.29, 0.717) is 18.1 Å². The van der Waals surface area contributed by atoms with E-state index in [1.807, 2.05) is 55.5 Å². The van der Waals surface area contributed by atoms with Crippen LogP contribution in [0.1, 0.15) is 22.3 Å². The lowest BCUT2D eigenvalue weighted by atomic mass is 10.1. The van der Waals surface area contributed by atoms with Gasteiger partial charge in [-0.15, -0.1) is 11.6 Å². The summed E-state index contributed by atoms with van der Waals surface area (Å²) >= 11 is 12.2. The summed E-state index contributed by atoms with van der Waals surface area (Å²) in [5.74, 6) is 6.93. The molecule has 0 aromatic heterocycles. The molecule has 0 fully saturated rings. The minimum atomic E-state index is -1.20. The van der Waals surface area contributed by atoms with E-state index in [1.54, 1.807) is 6.07 Å². The maximum atomic E-state index is 12.3. The van der Waals surface area contributed by atoms with Crippen molar-refractivity contribution in [2.45, 2.75) is 26.1 Å². The van der Waals surface area contributed by atoms with E-state index in [-0.39, 0.29) is 34.4 Å². The maximum absolute atomic E-state index is 12.3. The zero-order chi connectivity index (χ0) is 27.2. The number of nitrogens with zero attached hydrogens (tertiary/aromatic N) is 4. The van der Waals surface area contributed by atoms with Crippen molar-refractivity contribution in [1.82, 2.24) is 5.01 Å². The molecule has 3 aromatic rings. The zero-order valence-electron chi connectivity index (χ0n) is 20.3. The van der Waals surface area contributed by atoms with Gasteiger partial charge in [-0.05, 0) is 54.3 Å². The second kappa shape index (κ2) is 12.0. The second-order valence-corrected chi connectivity index (χ2v) is 9.24. The van der Waals surface area contributed by atoms with E-state index in [9.17, 15) is 15.4 Å². The van der Waals surface area contributed by atoms with Crippen LogP contribution in [-0.4, -0.2) is 27.9 Å². The Morgan fingerprint density at radius 3 is 2.61 bits per heavy atom. The average molecular weight is 552 g/mol. The topological polar surface area (TPSA) is 127 Å². The Morgan fingerprint density at radius 2 is 1.92 bits per heavy atom. The van der Waals surface area contributed by atoms with Crippen LogP contribution >= 0.6 is 23.2 Å². The Bertz CT molecular complexity index is 1450. The predicted octanol–water partition coefficient (Wildman–Crippen LogP) is 5.36. The summed E-state index contributed by atoms with van der Waals surface area (Å²) in [6.45, 7) is 1.92. The minimum absolute atomic E-state index is 0.0233.